The van der Waals surface area contributed by atoms with E-state index in [1.54, 1.807) is 20.8 Å². The van der Waals surface area contributed by atoms with Gasteiger partial charge in [0.2, 0.25) is 6.04 Å². The number of amides is 1. The van der Waals surface area contributed by atoms with E-state index in [4.69, 9.17) is 9.47 Å². The molecule has 13 heteroatoms. The fraction of sp³-hybridized carbons (Fsp3) is 0.565. The zero-order valence-corrected chi connectivity index (χ0v) is 21.9. The Balaban J connectivity index is 2.11. The van der Waals surface area contributed by atoms with Gasteiger partial charge in [0.05, 0.1) is 30.3 Å². The van der Waals surface area contributed by atoms with Crippen molar-refractivity contribution in [2.24, 2.45) is 0 Å². The molecule has 198 valence electrons. The molecular formula is C23H26BrF4N3O5. The lowest BCUT2D eigenvalue weighted by atomic mass is 10.0. The number of aryl methyl sites for hydroxylation is 1. The molecule has 1 aromatic carbocycles. The quantitative estimate of drug-likeness (QED) is 0.276. The molecule has 0 saturated carbocycles. The van der Waals surface area contributed by atoms with E-state index in [0.717, 1.165) is 21.8 Å². The summed E-state index contributed by atoms with van der Waals surface area (Å²) in [4.78, 5) is 40.0. The number of aromatic nitrogens is 2. The first-order valence-electron chi connectivity index (χ1n) is 11.1. The van der Waals surface area contributed by atoms with Crippen LogP contribution in [0.1, 0.15) is 51.3 Å². The maximum Gasteiger partial charge on any atom is 0.417 e. The second-order valence-electron chi connectivity index (χ2n) is 9.44. The molecule has 0 N–H and O–H groups in total. The van der Waals surface area contributed by atoms with Crippen molar-refractivity contribution in [3.8, 4) is 0 Å². The number of Topliss-reactive ketones (excluding diaryl/α,β-unsaturated/α-hetero) is 1. The van der Waals surface area contributed by atoms with E-state index in [9.17, 15) is 31.9 Å². The number of esters is 1. The molecule has 1 saturated heterocycles. The van der Waals surface area contributed by atoms with Crippen LogP contribution < -0.4 is 0 Å². The van der Waals surface area contributed by atoms with Gasteiger partial charge in [-0.1, -0.05) is 15.9 Å². The average Bonchev–Trinajstić information content (AvgIpc) is 3.33. The van der Waals surface area contributed by atoms with Crippen LogP contribution in [0.4, 0.5) is 22.4 Å². The number of benzene rings is 1. The first-order chi connectivity index (χ1) is 16.5. The number of ketones is 1. The van der Waals surface area contributed by atoms with E-state index in [-0.39, 0.29) is 22.0 Å². The molecule has 1 fully saturated rings. The van der Waals surface area contributed by atoms with Gasteiger partial charge in [0.25, 0.3) is 0 Å². The summed E-state index contributed by atoms with van der Waals surface area (Å²) in [5.74, 6) is -2.04. The third kappa shape index (κ3) is 5.65. The van der Waals surface area contributed by atoms with Crippen LogP contribution in [0.25, 0.3) is 10.9 Å². The number of hydrogen-bond acceptors (Lipinski definition) is 6. The molecule has 3 atom stereocenters. The SMILES string of the molecule is CCOC(=O)C(C(=O)C1CC(F)CN1C(=O)OC(C)(C)C)n1cc2c(C(F)(F)F)cc(Br)c(C)c2n1. The first kappa shape index (κ1) is 27.9. The van der Waals surface area contributed by atoms with Crippen molar-refractivity contribution < 1.29 is 41.4 Å². The number of halogens is 5. The van der Waals surface area contributed by atoms with Gasteiger partial charge in [-0.3, -0.25) is 9.69 Å². The zero-order valence-electron chi connectivity index (χ0n) is 20.3. The standard InChI is InChI=1S/C23H26BrF4N3O5/c1-6-35-20(33)18(19(32)16-7-12(25)9-30(16)21(34)36-22(3,4)5)31-10-13-14(23(26,27)28)8-15(24)11(2)17(13)29-31/h8,10,12,16,18H,6-7,9H2,1-5H3. The van der Waals surface area contributed by atoms with E-state index in [0.29, 0.717) is 5.56 Å². The van der Waals surface area contributed by atoms with Crippen LogP contribution >= 0.6 is 15.9 Å². The summed E-state index contributed by atoms with van der Waals surface area (Å²) in [5, 5.41) is 3.80. The normalized spacial score (nSPS) is 19.4. The van der Waals surface area contributed by atoms with E-state index >= 15 is 0 Å². The predicted octanol–water partition coefficient (Wildman–Crippen LogP) is 5.15. The molecule has 1 aromatic heterocycles. The molecular weight excluding hydrogens is 554 g/mol. The lowest BCUT2D eigenvalue weighted by molar-refractivity contribution is -0.152. The van der Waals surface area contributed by atoms with Crippen LogP contribution in [-0.4, -0.2) is 63.5 Å². The van der Waals surface area contributed by atoms with Crippen LogP contribution in [-0.2, 0) is 25.2 Å². The van der Waals surface area contributed by atoms with E-state index in [2.05, 4.69) is 21.0 Å². The molecule has 1 aliphatic rings. The lowest BCUT2D eigenvalue weighted by Gasteiger charge is -2.29. The third-order valence-corrected chi connectivity index (χ3v) is 6.39. The van der Waals surface area contributed by atoms with Crippen LogP contribution in [0.5, 0.6) is 0 Å². The Morgan fingerprint density at radius 1 is 1.25 bits per heavy atom. The lowest BCUT2D eigenvalue weighted by Crippen LogP contribution is -2.47. The molecule has 8 nitrogen and oxygen atoms in total. The maximum atomic E-state index is 14.4. The second-order valence-corrected chi connectivity index (χ2v) is 10.3. The summed E-state index contributed by atoms with van der Waals surface area (Å²) >= 11 is 3.09. The van der Waals surface area contributed by atoms with Gasteiger partial charge in [-0.05, 0) is 46.2 Å². The fourth-order valence-electron chi connectivity index (χ4n) is 3.99. The minimum Gasteiger partial charge on any atom is -0.464 e. The van der Waals surface area contributed by atoms with Crippen molar-refractivity contribution in [2.75, 3.05) is 13.2 Å². The van der Waals surface area contributed by atoms with E-state index in [1.807, 2.05) is 0 Å². The summed E-state index contributed by atoms with van der Waals surface area (Å²) in [6.07, 6.45) is -6.73. The topological polar surface area (TPSA) is 90.7 Å². The Hall–Kier alpha value is -2.70. The molecule has 3 rings (SSSR count). The van der Waals surface area contributed by atoms with Crippen LogP contribution in [0.2, 0.25) is 0 Å². The molecule has 0 radical (unpaired) electrons. The minimum atomic E-state index is -4.74. The smallest absolute Gasteiger partial charge is 0.417 e. The monoisotopic (exact) mass is 579 g/mol. The minimum absolute atomic E-state index is 0.0856. The van der Waals surface area contributed by atoms with Gasteiger partial charge in [0.15, 0.2) is 5.78 Å². The highest BCUT2D eigenvalue weighted by Gasteiger charge is 2.47. The molecule has 0 bridgehead atoms. The molecule has 3 unspecified atom stereocenters. The maximum absolute atomic E-state index is 14.4. The Kier molecular flexibility index (Phi) is 7.73. The van der Waals surface area contributed by atoms with Crippen LogP contribution in [0.15, 0.2) is 16.7 Å². The number of ether oxygens (including phenoxy) is 2. The van der Waals surface area contributed by atoms with Gasteiger partial charge < -0.3 is 9.47 Å². The Morgan fingerprint density at radius 2 is 1.89 bits per heavy atom. The van der Waals surface area contributed by atoms with Crippen LogP contribution in [0, 0.1) is 6.92 Å². The van der Waals surface area contributed by atoms with Crippen molar-refractivity contribution in [1.29, 1.82) is 0 Å². The molecule has 0 aliphatic carbocycles. The summed E-state index contributed by atoms with van der Waals surface area (Å²) in [6.45, 7) is 7.24. The van der Waals surface area contributed by atoms with Gasteiger partial charge in [0, 0.05) is 22.5 Å². The highest BCUT2D eigenvalue weighted by Crippen LogP contribution is 2.39. The number of carbonyl (C=O) groups is 3. The second kappa shape index (κ2) is 9.98. The van der Waals surface area contributed by atoms with Gasteiger partial charge >= 0.3 is 18.2 Å². The van der Waals surface area contributed by atoms with Crippen molar-refractivity contribution >= 4 is 44.7 Å². The van der Waals surface area contributed by atoms with Crippen molar-refractivity contribution in [1.82, 2.24) is 14.7 Å². The largest absolute Gasteiger partial charge is 0.464 e. The molecule has 2 aromatic rings. The number of carbonyl (C=O) groups excluding carboxylic acids is 3. The highest BCUT2D eigenvalue weighted by atomic mass is 79.9. The Morgan fingerprint density at radius 3 is 2.44 bits per heavy atom. The number of rotatable bonds is 5. The third-order valence-electron chi connectivity index (χ3n) is 5.56. The van der Waals surface area contributed by atoms with Gasteiger partial charge in [-0.2, -0.15) is 18.3 Å². The fourth-order valence-corrected chi connectivity index (χ4v) is 4.41. The van der Waals surface area contributed by atoms with E-state index in [1.165, 1.54) is 13.8 Å². The summed E-state index contributed by atoms with van der Waals surface area (Å²) in [7, 11) is 0. The predicted molar refractivity (Wildman–Crippen MR) is 124 cm³/mol. The number of alkyl halides is 4. The Labute approximate surface area is 213 Å². The summed E-state index contributed by atoms with van der Waals surface area (Å²) in [6, 6.07) is -2.37. The Bertz CT molecular complexity index is 1190. The van der Waals surface area contributed by atoms with Crippen molar-refractivity contribution in [3.05, 3.63) is 27.9 Å². The number of hydrogen-bond donors (Lipinski definition) is 0. The average molecular weight is 580 g/mol. The van der Waals surface area contributed by atoms with Crippen molar-refractivity contribution in [2.45, 2.75) is 71.1 Å². The van der Waals surface area contributed by atoms with Gasteiger partial charge in [0.1, 0.15) is 11.8 Å². The molecule has 2 heterocycles. The number of nitrogens with zero attached hydrogens (tertiary/aromatic N) is 3. The van der Waals surface area contributed by atoms with E-state index < -0.39 is 66.4 Å². The number of likely N-dealkylation sites (tertiary alicyclic amines) is 1. The van der Waals surface area contributed by atoms with Crippen molar-refractivity contribution in [3.63, 3.8) is 0 Å². The van der Waals surface area contributed by atoms with Gasteiger partial charge in [-0.25, -0.2) is 18.7 Å². The summed E-state index contributed by atoms with van der Waals surface area (Å²) < 4.78 is 66.8. The molecule has 36 heavy (non-hydrogen) atoms. The highest BCUT2D eigenvalue weighted by molar-refractivity contribution is 9.10. The number of fused-ring (bicyclic) bond motifs is 1. The molecule has 1 amide bonds. The first-order valence-corrected chi connectivity index (χ1v) is 11.9. The summed E-state index contributed by atoms with van der Waals surface area (Å²) in [5.41, 5.74) is -1.68. The molecule has 0 spiro atoms. The van der Waals surface area contributed by atoms with Crippen LogP contribution in [0.3, 0.4) is 0 Å². The molecule has 1 aliphatic heterocycles. The zero-order chi connectivity index (χ0) is 27.2. The van der Waals surface area contributed by atoms with Gasteiger partial charge in [-0.15, -0.1) is 0 Å².